The van der Waals surface area contributed by atoms with Crippen LogP contribution >= 0.6 is 7.72 Å². The molecule has 2 aromatic carbocycles. The molecular weight excluding hydrogens is 336 g/mol. The molecule has 0 aromatic heterocycles. The van der Waals surface area contributed by atoms with Crippen molar-refractivity contribution in [2.24, 2.45) is 5.73 Å². The average Bonchev–Trinajstić information content (AvgIpc) is 2.98. The van der Waals surface area contributed by atoms with Gasteiger partial charge in [0.25, 0.3) is 0 Å². The number of hydrogen-bond donors (Lipinski definition) is 2. The summed E-state index contributed by atoms with van der Waals surface area (Å²) in [4.78, 5) is 0. The Labute approximate surface area is 149 Å². The molecule has 0 bridgehead atoms. The number of rotatable bonds is 7. The molecule has 25 heavy (non-hydrogen) atoms. The SMILES string of the molecule is CC[PH](C)(OCc1ccccc1)Oc1cccc2c1B(O)OC2CN. The van der Waals surface area contributed by atoms with Gasteiger partial charge in [-0.25, -0.2) is 0 Å². The Balaban J connectivity index is 1.79. The monoisotopic (exact) mass is 361 g/mol. The Morgan fingerprint density at radius 2 is 1.96 bits per heavy atom. The van der Waals surface area contributed by atoms with E-state index in [0.717, 1.165) is 17.3 Å². The van der Waals surface area contributed by atoms with Crippen molar-refractivity contribution in [1.29, 1.82) is 0 Å². The van der Waals surface area contributed by atoms with Crippen LogP contribution in [0.4, 0.5) is 0 Å². The number of hydrogen-bond acceptors (Lipinski definition) is 5. The summed E-state index contributed by atoms with van der Waals surface area (Å²) in [5.41, 5.74) is 8.41. The van der Waals surface area contributed by atoms with Crippen molar-refractivity contribution >= 4 is 20.3 Å². The standard InChI is InChI=1S/C18H25BNO4P/c1-3-25(2,22-13-14-8-5-4-6-9-14)24-16-11-7-10-15-17(12-20)23-19(21)18(15)16/h4-11,17,21,25H,3,12-13,20H2,1-2H3. The first-order chi connectivity index (χ1) is 12.1. The van der Waals surface area contributed by atoms with Gasteiger partial charge in [0.05, 0.1) is 0 Å². The van der Waals surface area contributed by atoms with Crippen LogP contribution in [0, 0.1) is 0 Å². The van der Waals surface area contributed by atoms with E-state index in [1.165, 1.54) is 0 Å². The number of benzene rings is 2. The van der Waals surface area contributed by atoms with Crippen LogP contribution in [0.3, 0.4) is 0 Å². The summed E-state index contributed by atoms with van der Waals surface area (Å²) in [7, 11) is -3.46. The molecule has 1 aliphatic heterocycles. The number of fused-ring (bicyclic) bond motifs is 1. The molecule has 1 aliphatic rings. The fraction of sp³-hybridized carbons (Fsp3) is 0.333. The average molecular weight is 361 g/mol. The minimum atomic E-state index is -2.45. The third-order valence-corrected chi connectivity index (χ3v) is 7.25. The van der Waals surface area contributed by atoms with Gasteiger partial charge in [0.2, 0.25) is 0 Å². The molecule has 1 unspecified atom stereocenters. The quantitative estimate of drug-likeness (QED) is 0.585. The topological polar surface area (TPSA) is 73.9 Å². The van der Waals surface area contributed by atoms with Crippen molar-refractivity contribution in [2.75, 3.05) is 19.4 Å². The van der Waals surface area contributed by atoms with E-state index in [4.69, 9.17) is 19.4 Å². The first-order valence-electron chi connectivity index (χ1n) is 8.59. The fourth-order valence-electron chi connectivity index (χ4n) is 2.92. The molecule has 5 nitrogen and oxygen atoms in total. The Morgan fingerprint density at radius 1 is 1.20 bits per heavy atom. The van der Waals surface area contributed by atoms with Gasteiger partial charge < -0.3 is 0 Å². The maximum absolute atomic E-state index is 10.3. The van der Waals surface area contributed by atoms with Crippen LogP contribution in [0.2, 0.25) is 0 Å². The first kappa shape index (κ1) is 18.4. The molecule has 0 fully saturated rings. The zero-order valence-corrected chi connectivity index (χ0v) is 15.6. The van der Waals surface area contributed by atoms with E-state index in [0.29, 0.717) is 24.4 Å². The van der Waals surface area contributed by atoms with Gasteiger partial charge in [-0.05, 0) is 0 Å². The van der Waals surface area contributed by atoms with Gasteiger partial charge in [-0.1, -0.05) is 0 Å². The van der Waals surface area contributed by atoms with Crippen LogP contribution in [-0.2, 0) is 15.8 Å². The summed E-state index contributed by atoms with van der Waals surface area (Å²) in [5.74, 6) is 0.630. The molecular formula is C18H25BNO4P. The molecule has 2 aromatic rings. The Bertz CT molecular complexity index is 717. The van der Waals surface area contributed by atoms with Crippen molar-refractivity contribution in [3.63, 3.8) is 0 Å². The first-order valence-corrected chi connectivity index (χ1v) is 11.1. The third-order valence-electron chi connectivity index (χ3n) is 4.56. The molecule has 0 spiro atoms. The second kappa shape index (κ2) is 7.86. The molecule has 0 saturated heterocycles. The van der Waals surface area contributed by atoms with E-state index in [-0.39, 0.29) is 6.10 Å². The van der Waals surface area contributed by atoms with Crippen LogP contribution in [0.5, 0.6) is 5.75 Å². The van der Waals surface area contributed by atoms with Crippen LogP contribution in [0.25, 0.3) is 0 Å². The molecule has 134 valence electrons. The van der Waals surface area contributed by atoms with E-state index in [9.17, 15) is 5.02 Å². The van der Waals surface area contributed by atoms with Crippen LogP contribution in [-0.4, -0.2) is 31.5 Å². The predicted molar refractivity (Wildman–Crippen MR) is 104 cm³/mol. The molecule has 3 rings (SSSR count). The van der Waals surface area contributed by atoms with E-state index in [1.54, 1.807) is 0 Å². The van der Waals surface area contributed by atoms with Crippen molar-refractivity contribution in [1.82, 2.24) is 0 Å². The van der Waals surface area contributed by atoms with Crippen LogP contribution < -0.4 is 15.7 Å². The third kappa shape index (κ3) is 4.05. The normalized spacial score (nSPS) is 17.4. The van der Waals surface area contributed by atoms with E-state index in [2.05, 4.69) is 6.92 Å². The second-order valence-corrected chi connectivity index (χ2v) is 9.80. The van der Waals surface area contributed by atoms with Crippen LogP contribution in [0.15, 0.2) is 48.5 Å². The molecule has 3 N–H and O–H groups in total. The second-order valence-electron chi connectivity index (χ2n) is 6.34. The Hall–Kier alpha value is -1.43. The van der Waals surface area contributed by atoms with Gasteiger partial charge in [0.1, 0.15) is 0 Å². The van der Waals surface area contributed by atoms with Crippen molar-refractivity contribution < 1.29 is 18.7 Å². The van der Waals surface area contributed by atoms with Crippen LogP contribution in [0.1, 0.15) is 24.2 Å². The molecule has 0 aliphatic carbocycles. The van der Waals surface area contributed by atoms with Crippen molar-refractivity contribution in [3.8, 4) is 5.75 Å². The van der Waals surface area contributed by atoms with E-state index >= 15 is 0 Å². The fourth-order valence-corrected chi connectivity index (χ4v) is 4.44. The van der Waals surface area contributed by atoms with Gasteiger partial charge in [0.15, 0.2) is 0 Å². The summed E-state index contributed by atoms with van der Waals surface area (Å²) >= 11 is 0. The van der Waals surface area contributed by atoms with Gasteiger partial charge in [-0.15, -0.1) is 0 Å². The molecule has 0 amide bonds. The Morgan fingerprint density at radius 3 is 2.64 bits per heavy atom. The van der Waals surface area contributed by atoms with Crippen molar-refractivity contribution in [2.45, 2.75) is 19.6 Å². The Kier molecular flexibility index (Phi) is 5.77. The minimum absolute atomic E-state index is 0.298. The van der Waals surface area contributed by atoms with E-state index in [1.807, 2.05) is 55.2 Å². The summed E-state index contributed by atoms with van der Waals surface area (Å²) < 4.78 is 18.0. The summed E-state index contributed by atoms with van der Waals surface area (Å²) in [6.45, 7) is 4.94. The summed E-state index contributed by atoms with van der Waals surface area (Å²) in [5, 5.41) is 10.3. The van der Waals surface area contributed by atoms with Gasteiger partial charge in [-0.2, -0.15) is 0 Å². The van der Waals surface area contributed by atoms with Gasteiger partial charge >= 0.3 is 149 Å². The zero-order valence-electron chi connectivity index (χ0n) is 14.6. The summed E-state index contributed by atoms with van der Waals surface area (Å²) in [6.07, 6.45) is 0.495. The van der Waals surface area contributed by atoms with Gasteiger partial charge in [0, 0.05) is 0 Å². The van der Waals surface area contributed by atoms with E-state index < -0.39 is 14.8 Å². The summed E-state index contributed by atoms with van der Waals surface area (Å²) in [6, 6.07) is 15.7. The number of nitrogens with two attached hydrogens (primary N) is 1. The molecule has 0 radical (unpaired) electrons. The molecule has 1 heterocycles. The molecule has 0 saturated carbocycles. The molecule has 1 atom stereocenters. The van der Waals surface area contributed by atoms with Gasteiger partial charge in [-0.3, -0.25) is 0 Å². The predicted octanol–water partition coefficient (Wildman–Crippen LogP) is 2.23. The van der Waals surface area contributed by atoms with Crippen molar-refractivity contribution in [3.05, 3.63) is 59.7 Å². The maximum atomic E-state index is 10.3. The molecule has 7 heteroatoms. The zero-order chi connectivity index (χ0) is 17.9.